The highest BCUT2D eigenvalue weighted by Gasteiger charge is 2.52. The lowest BCUT2D eigenvalue weighted by atomic mass is 9.89. The predicted octanol–water partition coefficient (Wildman–Crippen LogP) is -1.22. The summed E-state index contributed by atoms with van der Waals surface area (Å²) in [5.41, 5.74) is 0.942. The third kappa shape index (κ3) is 3.01. The van der Waals surface area contributed by atoms with Gasteiger partial charge in [0.15, 0.2) is 5.79 Å². The molecular formula is C14H20O6. The van der Waals surface area contributed by atoms with Crippen LogP contribution < -0.4 is 0 Å². The standard InChI is InChI=1S/C14H20O6/c15-8-10-11(16)12(17)13(18)14(19,20-10)7-6-9-4-2-1-3-5-9/h1-5,10-13,15-19H,6-8H2/t10-,11+,12+,13-,14-/m1/s1. The molecule has 1 saturated heterocycles. The molecule has 0 amide bonds. The van der Waals surface area contributed by atoms with Crippen LogP contribution in [0.25, 0.3) is 0 Å². The number of hydrogen-bond donors (Lipinski definition) is 5. The van der Waals surface area contributed by atoms with E-state index in [0.717, 1.165) is 5.56 Å². The Kier molecular flexibility index (Phi) is 4.74. The second-order valence-corrected chi connectivity index (χ2v) is 5.10. The lowest BCUT2D eigenvalue weighted by Crippen LogP contribution is -2.65. The molecule has 2 rings (SSSR count). The summed E-state index contributed by atoms with van der Waals surface area (Å²) in [6.07, 6.45) is -5.31. The van der Waals surface area contributed by atoms with Crippen molar-refractivity contribution in [2.45, 2.75) is 43.0 Å². The highest BCUT2D eigenvalue weighted by atomic mass is 16.7. The molecule has 1 heterocycles. The third-order valence-electron chi connectivity index (χ3n) is 3.67. The van der Waals surface area contributed by atoms with Crippen LogP contribution >= 0.6 is 0 Å². The molecule has 0 saturated carbocycles. The molecule has 1 aliphatic heterocycles. The van der Waals surface area contributed by atoms with Crippen LogP contribution in [-0.4, -0.2) is 62.3 Å². The van der Waals surface area contributed by atoms with Crippen molar-refractivity contribution in [2.24, 2.45) is 0 Å². The van der Waals surface area contributed by atoms with E-state index in [4.69, 9.17) is 9.84 Å². The summed E-state index contributed by atoms with van der Waals surface area (Å²) in [4.78, 5) is 0. The van der Waals surface area contributed by atoms with Crippen LogP contribution in [0.2, 0.25) is 0 Å². The smallest absolute Gasteiger partial charge is 0.195 e. The second-order valence-electron chi connectivity index (χ2n) is 5.10. The Hall–Kier alpha value is -1.02. The molecule has 0 unspecified atom stereocenters. The first-order chi connectivity index (χ1) is 9.48. The fourth-order valence-electron chi connectivity index (χ4n) is 2.40. The van der Waals surface area contributed by atoms with Gasteiger partial charge >= 0.3 is 0 Å². The van der Waals surface area contributed by atoms with Gasteiger partial charge in [-0.3, -0.25) is 0 Å². The normalized spacial score (nSPS) is 37.9. The van der Waals surface area contributed by atoms with Gasteiger partial charge in [0.25, 0.3) is 0 Å². The van der Waals surface area contributed by atoms with Crippen molar-refractivity contribution in [1.29, 1.82) is 0 Å². The minimum absolute atomic E-state index is 0.0401. The molecule has 1 fully saturated rings. The summed E-state index contributed by atoms with van der Waals surface area (Å²) in [5.74, 6) is -2.00. The minimum atomic E-state index is -2.00. The van der Waals surface area contributed by atoms with E-state index in [1.54, 1.807) is 0 Å². The number of aliphatic hydroxyl groups excluding tert-OH is 4. The van der Waals surface area contributed by atoms with Gasteiger partial charge in [-0.1, -0.05) is 30.3 Å². The first kappa shape index (κ1) is 15.4. The summed E-state index contributed by atoms with van der Waals surface area (Å²) in [7, 11) is 0. The second kappa shape index (κ2) is 6.17. The molecule has 1 aromatic rings. The van der Waals surface area contributed by atoms with E-state index in [1.165, 1.54) is 0 Å². The molecule has 5 atom stereocenters. The molecule has 0 aliphatic carbocycles. The highest BCUT2D eigenvalue weighted by molar-refractivity contribution is 5.15. The van der Waals surface area contributed by atoms with Gasteiger partial charge in [0, 0.05) is 6.42 Å². The number of rotatable bonds is 4. The molecular weight excluding hydrogens is 264 g/mol. The molecule has 0 spiro atoms. The maximum atomic E-state index is 10.3. The van der Waals surface area contributed by atoms with Crippen LogP contribution in [-0.2, 0) is 11.2 Å². The Balaban J connectivity index is 2.07. The average Bonchev–Trinajstić information content (AvgIpc) is 2.48. The van der Waals surface area contributed by atoms with Gasteiger partial charge in [0.1, 0.15) is 24.4 Å². The van der Waals surface area contributed by atoms with Crippen molar-refractivity contribution < 1.29 is 30.3 Å². The Bertz CT molecular complexity index is 423. The Morgan fingerprint density at radius 3 is 2.30 bits per heavy atom. The monoisotopic (exact) mass is 284 g/mol. The Labute approximate surface area is 116 Å². The van der Waals surface area contributed by atoms with Crippen LogP contribution in [0, 0.1) is 0 Å². The van der Waals surface area contributed by atoms with Crippen LogP contribution in [0.1, 0.15) is 12.0 Å². The molecule has 0 aromatic heterocycles. The first-order valence-corrected chi connectivity index (χ1v) is 6.57. The van der Waals surface area contributed by atoms with E-state index in [9.17, 15) is 20.4 Å². The number of ether oxygens (including phenoxy) is 1. The first-order valence-electron chi connectivity index (χ1n) is 6.57. The molecule has 0 radical (unpaired) electrons. The zero-order valence-electron chi connectivity index (χ0n) is 11.0. The van der Waals surface area contributed by atoms with Gasteiger partial charge in [0.05, 0.1) is 6.61 Å². The van der Waals surface area contributed by atoms with Gasteiger partial charge in [-0.25, -0.2) is 0 Å². The Morgan fingerprint density at radius 2 is 1.70 bits per heavy atom. The predicted molar refractivity (Wildman–Crippen MR) is 69.7 cm³/mol. The van der Waals surface area contributed by atoms with Gasteiger partial charge in [-0.15, -0.1) is 0 Å². The van der Waals surface area contributed by atoms with Crippen molar-refractivity contribution in [3.05, 3.63) is 35.9 Å². The lowest BCUT2D eigenvalue weighted by Gasteiger charge is -2.45. The van der Waals surface area contributed by atoms with E-state index in [0.29, 0.717) is 6.42 Å². The van der Waals surface area contributed by atoms with Gasteiger partial charge in [-0.05, 0) is 12.0 Å². The lowest BCUT2D eigenvalue weighted by molar-refractivity contribution is -0.351. The van der Waals surface area contributed by atoms with E-state index in [2.05, 4.69) is 0 Å². The summed E-state index contributed by atoms with van der Waals surface area (Å²) < 4.78 is 5.19. The van der Waals surface area contributed by atoms with Crippen molar-refractivity contribution in [2.75, 3.05) is 6.61 Å². The van der Waals surface area contributed by atoms with E-state index < -0.39 is 36.8 Å². The summed E-state index contributed by atoms with van der Waals surface area (Å²) >= 11 is 0. The van der Waals surface area contributed by atoms with Crippen LogP contribution in [0.4, 0.5) is 0 Å². The fraction of sp³-hybridized carbons (Fsp3) is 0.571. The molecule has 5 N–H and O–H groups in total. The largest absolute Gasteiger partial charge is 0.394 e. The zero-order chi connectivity index (χ0) is 14.8. The number of aryl methyl sites for hydroxylation is 1. The van der Waals surface area contributed by atoms with E-state index in [1.807, 2.05) is 30.3 Å². The number of aliphatic hydroxyl groups is 5. The summed E-state index contributed by atoms with van der Waals surface area (Å²) in [5, 5.41) is 48.7. The molecule has 0 bridgehead atoms. The topological polar surface area (TPSA) is 110 Å². The molecule has 1 aliphatic rings. The summed E-state index contributed by atoms with van der Waals surface area (Å²) in [6.45, 7) is -0.557. The van der Waals surface area contributed by atoms with E-state index in [-0.39, 0.29) is 6.42 Å². The van der Waals surface area contributed by atoms with Gasteiger partial charge in [-0.2, -0.15) is 0 Å². The van der Waals surface area contributed by atoms with Gasteiger partial charge in [0.2, 0.25) is 0 Å². The SMILES string of the molecule is OC[C@H]1O[C@](O)(CCc2ccccc2)[C@H](O)[C@@H](O)[C@H]1O. The summed E-state index contributed by atoms with van der Waals surface area (Å²) in [6, 6.07) is 9.31. The third-order valence-corrected chi connectivity index (χ3v) is 3.67. The quantitative estimate of drug-likeness (QED) is 0.474. The van der Waals surface area contributed by atoms with Crippen LogP contribution in [0.5, 0.6) is 0 Å². The minimum Gasteiger partial charge on any atom is -0.394 e. The van der Waals surface area contributed by atoms with Gasteiger partial charge < -0.3 is 30.3 Å². The Morgan fingerprint density at radius 1 is 1.05 bits per heavy atom. The van der Waals surface area contributed by atoms with Crippen LogP contribution in [0.15, 0.2) is 30.3 Å². The van der Waals surface area contributed by atoms with Crippen molar-refractivity contribution in [1.82, 2.24) is 0 Å². The fourth-order valence-corrected chi connectivity index (χ4v) is 2.40. The molecule has 1 aromatic carbocycles. The van der Waals surface area contributed by atoms with Crippen molar-refractivity contribution in [3.8, 4) is 0 Å². The van der Waals surface area contributed by atoms with Crippen molar-refractivity contribution in [3.63, 3.8) is 0 Å². The molecule has 6 heteroatoms. The number of benzene rings is 1. The molecule has 20 heavy (non-hydrogen) atoms. The number of hydrogen-bond acceptors (Lipinski definition) is 6. The van der Waals surface area contributed by atoms with Crippen molar-refractivity contribution >= 4 is 0 Å². The molecule has 6 nitrogen and oxygen atoms in total. The van der Waals surface area contributed by atoms with E-state index >= 15 is 0 Å². The maximum absolute atomic E-state index is 10.3. The van der Waals surface area contributed by atoms with Crippen LogP contribution in [0.3, 0.4) is 0 Å². The zero-order valence-corrected chi connectivity index (χ0v) is 11.0. The molecule has 112 valence electrons. The average molecular weight is 284 g/mol. The maximum Gasteiger partial charge on any atom is 0.195 e. The highest BCUT2D eigenvalue weighted by Crippen LogP contribution is 2.31.